The van der Waals surface area contributed by atoms with Crippen LogP contribution in [-0.4, -0.2) is 236 Å². The molecule has 0 spiro atoms. The number of aliphatic hydroxyl groups is 2. The Kier molecular flexibility index (Phi) is 37.5. The van der Waals surface area contributed by atoms with Gasteiger partial charge in [-0.25, -0.2) is 4.79 Å². The van der Waals surface area contributed by atoms with Gasteiger partial charge in [0.25, 0.3) is 35.4 Å². The van der Waals surface area contributed by atoms with E-state index < -0.39 is 200 Å². The second-order valence-electron chi connectivity index (χ2n) is 25.3. The number of phenolic OH excluding ortho intramolecular Hbond substituents is 1. The van der Waals surface area contributed by atoms with E-state index in [0.29, 0.717) is 18.9 Å². The van der Waals surface area contributed by atoms with Crippen LogP contribution in [0, 0.1) is 17.2 Å². The molecule has 2 aromatic rings. The highest BCUT2D eigenvalue weighted by molar-refractivity contribution is 6.09. The van der Waals surface area contributed by atoms with Crippen molar-refractivity contribution in [2.24, 2.45) is 29.0 Å². The lowest BCUT2D eigenvalue weighted by Crippen LogP contribution is -2.71. The lowest BCUT2D eigenvalue weighted by Gasteiger charge is -2.34. The van der Waals surface area contributed by atoms with Crippen molar-refractivity contribution in [2.75, 3.05) is 26.7 Å². The van der Waals surface area contributed by atoms with Crippen molar-refractivity contribution in [1.29, 1.82) is 5.41 Å². The van der Waals surface area contributed by atoms with Gasteiger partial charge in [-0.1, -0.05) is 33.8 Å². The number of hydrogen-bond donors (Lipinski definition) is 24. The fraction of sp³-hybridized carbons (Fsp3) is 0.463. The van der Waals surface area contributed by atoms with Crippen molar-refractivity contribution in [3.63, 3.8) is 0 Å². The first-order chi connectivity index (χ1) is 51.7. The standard InChI is InChI=1S/C67H94N20O22/c1-32(2)23-38(30-93)79-53(59(100)72-5)83-62(103)56(78-37(29-92)10-17-49(69)98)86-63(104)54(76-35(27-90)7-6-18-75-67(70)71)84-61(102)52(74-20-22-89)82-65(106)57(80-45(31-94)33(3)4)87-64(105)55(77-36(28-91)9-16-48(68)97)85-60(101)51(73-19-21-88)81-58(99)34-8-13-41(44(24-34)66(107)108)50-42-14-11-39(95)25-46(42)109-47-26-40(96)12-15-43(47)50/h8,11-15,21-22,24-33,35-38,45,51-57,62,64,73-74,76-80,83,87,95,103,105H,6-7,9-10,16-20,23H2,1-5H3,(H2,68,97)(H2,69,98)(H,72,100)(H,81,99)(H,82,106)(H,84,102)(H,85,101)(H,86,104)(H,107,108)(H4,70,71,75)/t35-,36-,37-,38-,45+,51-,52-,53-,54-,55-,56-,57-,62?,64?/m1/s1. The van der Waals surface area contributed by atoms with Gasteiger partial charge in [-0.05, 0) is 85.9 Å². The summed E-state index contributed by atoms with van der Waals surface area (Å²) in [5, 5.41) is 91.9. The number of carbonyl (C=O) groups excluding carboxylic acids is 15. The molecule has 2 aromatic carbocycles. The van der Waals surface area contributed by atoms with Gasteiger partial charge in [-0.15, -0.1) is 0 Å². The molecule has 594 valence electrons. The maximum atomic E-state index is 14.8. The Balaban J connectivity index is 1.80. The number of fused-ring (bicyclic) bond motifs is 2. The van der Waals surface area contributed by atoms with Crippen LogP contribution in [0.2, 0.25) is 0 Å². The largest absolute Gasteiger partial charge is 0.508 e. The zero-order valence-electron chi connectivity index (χ0n) is 59.9. The minimum absolute atomic E-state index is 0.00535. The fourth-order valence-corrected chi connectivity index (χ4v) is 10.7. The maximum Gasteiger partial charge on any atom is 0.336 e. The van der Waals surface area contributed by atoms with Crippen LogP contribution in [0.3, 0.4) is 0 Å². The Bertz CT molecular complexity index is 3900. The van der Waals surface area contributed by atoms with Crippen molar-refractivity contribution in [1.82, 2.24) is 85.1 Å². The molecule has 42 heteroatoms. The number of benzene rings is 3. The van der Waals surface area contributed by atoms with Gasteiger partial charge in [0.05, 0.1) is 48.9 Å². The number of aldehydes is 7. The van der Waals surface area contributed by atoms with Crippen LogP contribution < -0.4 is 108 Å². The van der Waals surface area contributed by atoms with Crippen molar-refractivity contribution in [2.45, 2.75) is 158 Å². The van der Waals surface area contributed by atoms with Crippen molar-refractivity contribution < 1.29 is 102 Å². The predicted molar refractivity (Wildman–Crippen MR) is 385 cm³/mol. The van der Waals surface area contributed by atoms with Gasteiger partial charge in [0.1, 0.15) is 98.2 Å². The molecule has 109 heavy (non-hydrogen) atoms. The van der Waals surface area contributed by atoms with Gasteiger partial charge in [0.15, 0.2) is 29.9 Å². The predicted octanol–water partition coefficient (Wildman–Crippen LogP) is -8.13. The smallest absolute Gasteiger partial charge is 0.336 e. The molecule has 14 atom stereocenters. The zero-order chi connectivity index (χ0) is 81.2. The van der Waals surface area contributed by atoms with Gasteiger partial charge < -0.3 is 113 Å². The molecule has 27 N–H and O–H groups in total. The van der Waals surface area contributed by atoms with Gasteiger partial charge in [-0.2, -0.15) is 0 Å². The van der Waals surface area contributed by atoms with Crippen LogP contribution >= 0.6 is 0 Å². The molecular formula is C67H94N20O22. The minimum atomic E-state index is -2.41. The second kappa shape index (κ2) is 45.4. The van der Waals surface area contributed by atoms with Crippen LogP contribution in [0.1, 0.15) is 93.4 Å². The molecule has 0 saturated heterocycles. The number of amides is 8. The Hall–Kier alpha value is -11.3. The molecule has 0 fully saturated rings. The fourth-order valence-electron chi connectivity index (χ4n) is 10.7. The molecule has 0 bridgehead atoms. The number of carboxylic acids is 1. The minimum Gasteiger partial charge on any atom is -0.508 e. The topological polar surface area (TPSA) is 679 Å². The van der Waals surface area contributed by atoms with E-state index in [1.807, 2.05) is 0 Å². The molecule has 1 aliphatic heterocycles. The molecule has 2 unspecified atom stereocenters. The number of primary amides is 2. The number of carbonyl (C=O) groups is 16. The molecule has 2 aliphatic rings. The Morgan fingerprint density at radius 1 is 0.550 bits per heavy atom. The Morgan fingerprint density at radius 3 is 1.56 bits per heavy atom. The van der Waals surface area contributed by atoms with E-state index in [0.717, 1.165) is 12.1 Å². The van der Waals surface area contributed by atoms with E-state index in [-0.39, 0.29) is 102 Å². The summed E-state index contributed by atoms with van der Waals surface area (Å²) in [6.45, 7) is 5.10. The lowest BCUT2D eigenvalue weighted by atomic mass is 9.90. The third kappa shape index (κ3) is 29.1. The van der Waals surface area contributed by atoms with E-state index in [1.165, 1.54) is 63.4 Å². The molecular weight excluding hydrogens is 1440 g/mol. The second-order valence-corrected chi connectivity index (χ2v) is 25.3. The van der Waals surface area contributed by atoms with Gasteiger partial charge >= 0.3 is 5.97 Å². The molecule has 8 amide bonds. The number of aliphatic hydroxyl groups excluding tert-OH is 2. The highest BCUT2D eigenvalue weighted by Crippen LogP contribution is 2.42. The summed E-state index contributed by atoms with van der Waals surface area (Å²) >= 11 is 0. The van der Waals surface area contributed by atoms with E-state index in [1.54, 1.807) is 13.8 Å². The SMILES string of the molecule is CNC(=O)[C@@H](NC(O)[C@@H](NC(=O)[C@@H](NC(=O)[C@H](NCC=O)NC(=O)[C@@H](NC(O)[C@@H](NC(=O)[C@H](NCC=O)NC(=O)c1ccc(-c2c3ccc(=O)cc-3oc3cc(O)ccc23)c(C(=O)O)c1)N[C@@H](C=O)CCC(N)=O)N[C@@H](C=O)C(C)C)N[C@@H](C=O)CCCNC(=N)N)N[C@@H](C=O)CCC(N)=O)N[C@@H](C=O)CC(C)C. The zero-order valence-corrected chi connectivity index (χ0v) is 59.9. The summed E-state index contributed by atoms with van der Waals surface area (Å²) in [6, 6.07) is 4.35. The average molecular weight is 1530 g/mol. The van der Waals surface area contributed by atoms with E-state index in [9.17, 15) is 102 Å². The molecule has 0 saturated carbocycles. The van der Waals surface area contributed by atoms with E-state index in [2.05, 4.69) is 85.1 Å². The number of hydrogen-bond acceptors (Lipinski definition) is 31. The van der Waals surface area contributed by atoms with Gasteiger partial charge in [0.2, 0.25) is 11.8 Å². The highest BCUT2D eigenvalue weighted by Gasteiger charge is 2.38. The summed E-state index contributed by atoms with van der Waals surface area (Å²) in [5.41, 5.74) is 15.2. The van der Waals surface area contributed by atoms with E-state index >= 15 is 0 Å². The maximum absolute atomic E-state index is 14.8. The molecule has 0 aromatic heterocycles. The van der Waals surface area contributed by atoms with Crippen LogP contribution in [0.15, 0.2) is 63.8 Å². The Labute approximate surface area is 622 Å². The first-order valence-corrected chi connectivity index (χ1v) is 34.0. The number of nitrogens with one attached hydrogen (secondary N) is 17. The summed E-state index contributed by atoms with van der Waals surface area (Å²) in [5.74, 6) is -12.5. The molecule has 42 nitrogen and oxygen atoms in total. The molecule has 1 heterocycles. The van der Waals surface area contributed by atoms with Crippen molar-refractivity contribution in [3.05, 3.63) is 75.9 Å². The van der Waals surface area contributed by atoms with Crippen LogP contribution in [-0.2, 0) is 67.1 Å². The third-order valence-electron chi connectivity index (χ3n) is 16.1. The summed E-state index contributed by atoms with van der Waals surface area (Å²) < 4.78 is 5.89. The normalized spacial score (nSPS) is 15.2. The first-order valence-electron chi connectivity index (χ1n) is 34.0. The Morgan fingerprint density at radius 2 is 1.06 bits per heavy atom. The number of nitrogens with two attached hydrogens (primary N) is 3. The van der Waals surface area contributed by atoms with Crippen molar-refractivity contribution >= 4 is 114 Å². The van der Waals surface area contributed by atoms with Crippen LogP contribution in [0.25, 0.3) is 33.4 Å². The lowest BCUT2D eigenvalue weighted by molar-refractivity contribution is -0.136. The van der Waals surface area contributed by atoms with E-state index in [4.69, 9.17) is 27.0 Å². The average Bonchev–Trinajstić information content (AvgIpc) is 0.747. The number of carboxylic acid groups (broad SMARTS) is 1. The van der Waals surface area contributed by atoms with Gasteiger partial charge in [-0.3, -0.25) is 96.4 Å². The number of aromatic hydroxyl groups is 1. The summed E-state index contributed by atoms with van der Waals surface area (Å²) in [7, 11) is 1.22. The number of likely N-dealkylation sites (N-methyl/N-ethyl adjacent to an activating group) is 1. The van der Waals surface area contributed by atoms with Crippen LogP contribution in [0.4, 0.5) is 0 Å². The summed E-state index contributed by atoms with van der Waals surface area (Å²) in [4.78, 5) is 222. The van der Waals surface area contributed by atoms with Gasteiger partial charge in [0, 0.05) is 60.6 Å². The number of phenols is 1. The first kappa shape index (κ1) is 90.1. The number of guanidine groups is 1. The van der Waals surface area contributed by atoms with Crippen LogP contribution in [0.5, 0.6) is 5.75 Å². The number of rotatable bonds is 53. The third-order valence-corrected chi connectivity index (χ3v) is 16.1. The molecule has 4 rings (SSSR count). The number of aromatic carboxylic acids is 1. The monoisotopic (exact) mass is 1530 g/mol. The highest BCUT2D eigenvalue weighted by atomic mass is 16.4. The summed E-state index contributed by atoms with van der Waals surface area (Å²) in [6.07, 6.45) is -18.3. The molecule has 1 aliphatic carbocycles. The van der Waals surface area contributed by atoms with Crippen molar-refractivity contribution in [3.8, 4) is 28.2 Å². The quantitative estimate of drug-likeness (QED) is 0.00487. The molecule has 0 radical (unpaired) electrons.